The molecule has 4 heteroatoms. The number of imidazole rings is 1. The molecule has 1 atom stereocenters. The first kappa shape index (κ1) is 9.68. The highest BCUT2D eigenvalue weighted by Crippen LogP contribution is 2.24. The summed E-state index contributed by atoms with van der Waals surface area (Å²) in [6.07, 6.45) is 0. The smallest absolute Gasteiger partial charge is 0.123 e. The van der Waals surface area contributed by atoms with E-state index in [0.29, 0.717) is 0 Å². The third-order valence-corrected chi connectivity index (χ3v) is 3.15. The van der Waals surface area contributed by atoms with Gasteiger partial charge in [0.25, 0.3) is 0 Å². The van der Waals surface area contributed by atoms with Gasteiger partial charge in [0.05, 0.1) is 17.1 Å². The number of nitrogens with one attached hydrogen (secondary N) is 1. The first-order valence-electron chi connectivity index (χ1n) is 4.50. The molecule has 1 heterocycles. The first-order valence-corrected chi connectivity index (χ1v) is 5.29. The number of H-pyrrole nitrogens is 1. The van der Waals surface area contributed by atoms with E-state index in [4.69, 9.17) is 5.73 Å². The highest BCUT2D eigenvalue weighted by atomic mass is 79.9. The number of nitrogens with two attached hydrogens (primary N) is 1. The minimum absolute atomic E-state index is 0.0550. The van der Waals surface area contributed by atoms with Crippen molar-refractivity contribution in [3.05, 3.63) is 28.0 Å². The second-order valence-electron chi connectivity index (χ2n) is 3.48. The van der Waals surface area contributed by atoms with E-state index in [-0.39, 0.29) is 6.04 Å². The molecule has 74 valence electrons. The number of aryl methyl sites for hydroxylation is 1. The Morgan fingerprint density at radius 1 is 1.50 bits per heavy atom. The molecule has 1 unspecified atom stereocenters. The lowest BCUT2D eigenvalue weighted by Gasteiger charge is -1.97. The van der Waals surface area contributed by atoms with Gasteiger partial charge in [0.2, 0.25) is 0 Å². The van der Waals surface area contributed by atoms with Gasteiger partial charge in [0.15, 0.2) is 0 Å². The fourth-order valence-electron chi connectivity index (χ4n) is 1.42. The van der Waals surface area contributed by atoms with E-state index in [2.05, 4.69) is 25.9 Å². The summed E-state index contributed by atoms with van der Waals surface area (Å²) in [7, 11) is 0. The van der Waals surface area contributed by atoms with Crippen LogP contribution < -0.4 is 5.73 Å². The minimum Gasteiger partial charge on any atom is -0.341 e. The molecule has 0 aliphatic rings. The molecule has 3 nitrogen and oxygen atoms in total. The van der Waals surface area contributed by atoms with Crippen LogP contribution in [0.25, 0.3) is 11.0 Å². The van der Waals surface area contributed by atoms with E-state index in [0.717, 1.165) is 26.9 Å². The maximum Gasteiger partial charge on any atom is 0.123 e. The number of aromatic amines is 1. The van der Waals surface area contributed by atoms with E-state index in [9.17, 15) is 0 Å². The monoisotopic (exact) mass is 253 g/mol. The van der Waals surface area contributed by atoms with Gasteiger partial charge in [-0.3, -0.25) is 0 Å². The van der Waals surface area contributed by atoms with Crippen LogP contribution in [0, 0.1) is 6.92 Å². The quantitative estimate of drug-likeness (QED) is 0.821. The number of benzene rings is 1. The van der Waals surface area contributed by atoms with Gasteiger partial charge >= 0.3 is 0 Å². The molecule has 1 aromatic heterocycles. The van der Waals surface area contributed by atoms with Gasteiger partial charge in [-0.25, -0.2) is 4.98 Å². The zero-order valence-electron chi connectivity index (χ0n) is 8.13. The first-order chi connectivity index (χ1) is 6.59. The minimum atomic E-state index is -0.0550. The SMILES string of the molecule is Cc1c(Br)ccc2[nH]c(C(C)N)nc12. The van der Waals surface area contributed by atoms with E-state index in [1.807, 2.05) is 26.0 Å². The number of halogens is 1. The number of aromatic nitrogens is 2. The van der Waals surface area contributed by atoms with E-state index in [1.165, 1.54) is 0 Å². The lowest BCUT2D eigenvalue weighted by atomic mass is 10.2. The van der Waals surface area contributed by atoms with Crippen molar-refractivity contribution < 1.29 is 0 Å². The fourth-order valence-corrected chi connectivity index (χ4v) is 1.74. The molecule has 2 rings (SSSR count). The fraction of sp³-hybridized carbons (Fsp3) is 0.300. The maximum absolute atomic E-state index is 5.76. The van der Waals surface area contributed by atoms with Gasteiger partial charge in [-0.15, -0.1) is 0 Å². The summed E-state index contributed by atoms with van der Waals surface area (Å²) in [4.78, 5) is 7.67. The molecule has 0 amide bonds. The van der Waals surface area contributed by atoms with Crippen molar-refractivity contribution in [2.24, 2.45) is 5.73 Å². The molecular formula is C10H12BrN3. The van der Waals surface area contributed by atoms with Crippen molar-refractivity contribution in [2.45, 2.75) is 19.9 Å². The van der Waals surface area contributed by atoms with Crippen LogP contribution in [0.3, 0.4) is 0 Å². The Balaban J connectivity index is 2.71. The van der Waals surface area contributed by atoms with Crippen LogP contribution in [0.4, 0.5) is 0 Å². The van der Waals surface area contributed by atoms with Crippen LogP contribution in [0.1, 0.15) is 24.4 Å². The predicted molar refractivity (Wildman–Crippen MR) is 61.1 cm³/mol. The van der Waals surface area contributed by atoms with Gasteiger partial charge in [-0.05, 0) is 31.5 Å². The molecule has 0 bridgehead atoms. The van der Waals surface area contributed by atoms with Crippen molar-refractivity contribution in [1.29, 1.82) is 0 Å². The van der Waals surface area contributed by atoms with Crippen LogP contribution in [-0.4, -0.2) is 9.97 Å². The number of nitrogens with zero attached hydrogens (tertiary/aromatic N) is 1. The van der Waals surface area contributed by atoms with Crippen LogP contribution in [0.2, 0.25) is 0 Å². The number of rotatable bonds is 1. The van der Waals surface area contributed by atoms with E-state index in [1.54, 1.807) is 0 Å². The molecule has 14 heavy (non-hydrogen) atoms. The van der Waals surface area contributed by atoms with Crippen LogP contribution in [0.15, 0.2) is 16.6 Å². The van der Waals surface area contributed by atoms with E-state index < -0.39 is 0 Å². The summed E-state index contributed by atoms with van der Waals surface area (Å²) < 4.78 is 1.08. The Hall–Kier alpha value is -0.870. The second-order valence-corrected chi connectivity index (χ2v) is 4.33. The number of fused-ring (bicyclic) bond motifs is 1. The van der Waals surface area contributed by atoms with Crippen molar-refractivity contribution in [2.75, 3.05) is 0 Å². The van der Waals surface area contributed by atoms with Crippen LogP contribution in [0.5, 0.6) is 0 Å². The molecule has 3 N–H and O–H groups in total. The maximum atomic E-state index is 5.76. The summed E-state index contributed by atoms with van der Waals surface area (Å²) in [5.41, 5.74) is 8.94. The standard InChI is InChI=1S/C10H12BrN3/c1-5-7(11)3-4-8-9(5)14-10(13-8)6(2)12/h3-4,6H,12H2,1-2H3,(H,13,14). The number of hydrogen-bond acceptors (Lipinski definition) is 2. The third-order valence-electron chi connectivity index (χ3n) is 2.29. The predicted octanol–water partition coefficient (Wildman–Crippen LogP) is 2.65. The second kappa shape index (κ2) is 3.37. The molecule has 0 saturated heterocycles. The Morgan fingerprint density at radius 3 is 2.86 bits per heavy atom. The molecule has 0 saturated carbocycles. The highest BCUT2D eigenvalue weighted by molar-refractivity contribution is 9.10. The molecule has 0 aliphatic carbocycles. The molecular weight excluding hydrogens is 242 g/mol. The van der Waals surface area contributed by atoms with Gasteiger partial charge in [0, 0.05) is 4.47 Å². The van der Waals surface area contributed by atoms with Crippen LogP contribution in [-0.2, 0) is 0 Å². The Kier molecular flexibility index (Phi) is 2.33. The lowest BCUT2D eigenvalue weighted by molar-refractivity contribution is 0.759. The average Bonchev–Trinajstić information content (AvgIpc) is 2.56. The van der Waals surface area contributed by atoms with Gasteiger partial charge in [-0.1, -0.05) is 15.9 Å². The highest BCUT2D eigenvalue weighted by Gasteiger charge is 2.09. The molecule has 2 aromatic rings. The van der Waals surface area contributed by atoms with E-state index >= 15 is 0 Å². The third kappa shape index (κ3) is 1.44. The largest absolute Gasteiger partial charge is 0.341 e. The van der Waals surface area contributed by atoms with Crippen molar-refractivity contribution in [3.63, 3.8) is 0 Å². The molecule has 1 aromatic carbocycles. The zero-order valence-corrected chi connectivity index (χ0v) is 9.72. The Bertz CT molecular complexity index is 473. The number of hydrogen-bond donors (Lipinski definition) is 2. The van der Waals surface area contributed by atoms with Crippen molar-refractivity contribution in [1.82, 2.24) is 9.97 Å². The Labute approximate surface area is 90.8 Å². The van der Waals surface area contributed by atoms with Gasteiger partial charge in [0.1, 0.15) is 5.82 Å². The molecule has 0 spiro atoms. The molecule has 0 aliphatic heterocycles. The summed E-state index contributed by atoms with van der Waals surface area (Å²) in [6, 6.07) is 3.96. The Morgan fingerprint density at radius 2 is 2.21 bits per heavy atom. The topological polar surface area (TPSA) is 54.7 Å². The zero-order chi connectivity index (χ0) is 10.3. The summed E-state index contributed by atoms with van der Waals surface area (Å²) in [5.74, 6) is 0.834. The van der Waals surface area contributed by atoms with Gasteiger partial charge in [-0.2, -0.15) is 0 Å². The average molecular weight is 254 g/mol. The van der Waals surface area contributed by atoms with Gasteiger partial charge < -0.3 is 10.7 Å². The molecule has 0 fully saturated rings. The summed E-state index contributed by atoms with van der Waals surface area (Å²) >= 11 is 3.48. The normalized spacial score (nSPS) is 13.4. The summed E-state index contributed by atoms with van der Waals surface area (Å²) in [6.45, 7) is 3.96. The summed E-state index contributed by atoms with van der Waals surface area (Å²) in [5, 5.41) is 0. The lowest BCUT2D eigenvalue weighted by Crippen LogP contribution is -2.06. The van der Waals surface area contributed by atoms with Crippen molar-refractivity contribution in [3.8, 4) is 0 Å². The van der Waals surface area contributed by atoms with Crippen LogP contribution >= 0.6 is 15.9 Å². The molecule has 0 radical (unpaired) electrons. The van der Waals surface area contributed by atoms with Crippen molar-refractivity contribution >= 4 is 27.0 Å².